The van der Waals surface area contributed by atoms with Gasteiger partial charge in [0.15, 0.2) is 22.5 Å². The van der Waals surface area contributed by atoms with Crippen LogP contribution in [0.3, 0.4) is 0 Å². The summed E-state index contributed by atoms with van der Waals surface area (Å²) in [6.07, 6.45) is 2.36. The average molecular weight is 459 g/mol. The van der Waals surface area contributed by atoms with Crippen molar-refractivity contribution in [3.8, 4) is 11.5 Å². The number of ether oxygens (including phenoxy) is 1. The zero-order chi connectivity index (χ0) is 19.1. The second-order valence-corrected chi connectivity index (χ2v) is 8.32. The minimum absolute atomic E-state index is 0.0111. The van der Waals surface area contributed by atoms with Crippen LogP contribution >= 0.6 is 27.7 Å². The number of fused-ring (bicyclic) bond motifs is 1. The van der Waals surface area contributed by atoms with Gasteiger partial charge in [-0.15, -0.1) is 0 Å². The predicted octanol–water partition coefficient (Wildman–Crippen LogP) is 2.05. The fraction of sp³-hybridized carbons (Fsp3) is 0.143. The number of amidine groups is 2. The van der Waals surface area contributed by atoms with Gasteiger partial charge in [-0.25, -0.2) is 0 Å². The van der Waals surface area contributed by atoms with Crippen LogP contribution in [0.2, 0.25) is 0 Å². The second-order valence-electron chi connectivity index (χ2n) is 5.08. The predicted molar refractivity (Wildman–Crippen MR) is 102 cm³/mol. The van der Waals surface area contributed by atoms with E-state index in [1.54, 1.807) is 0 Å². The minimum Gasteiger partial charge on any atom is -0.493 e. The van der Waals surface area contributed by atoms with Gasteiger partial charge in [-0.1, -0.05) is 0 Å². The molecule has 1 N–H and O–H groups in total. The van der Waals surface area contributed by atoms with E-state index in [9.17, 15) is 13.2 Å². The fourth-order valence-electron chi connectivity index (χ4n) is 2.16. The lowest BCUT2D eigenvalue weighted by Gasteiger charge is -2.20. The molecule has 0 fully saturated rings. The summed E-state index contributed by atoms with van der Waals surface area (Å²) in [5.74, 6) is -0.535. The van der Waals surface area contributed by atoms with Crippen LogP contribution in [0.5, 0.6) is 11.5 Å². The highest BCUT2D eigenvalue weighted by Crippen LogP contribution is 2.38. The molecule has 1 amide bonds. The molecule has 0 atom stereocenters. The van der Waals surface area contributed by atoms with Gasteiger partial charge in [-0.05, 0) is 51.5 Å². The number of carbonyl (C=O) groups is 1. The summed E-state index contributed by atoms with van der Waals surface area (Å²) in [6.45, 7) is 0. The molecule has 136 valence electrons. The number of carbonyl (C=O) groups excluding carboxylic acids is 1. The maximum absolute atomic E-state index is 12.2. The van der Waals surface area contributed by atoms with E-state index < -0.39 is 16.0 Å². The Labute approximate surface area is 161 Å². The summed E-state index contributed by atoms with van der Waals surface area (Å²) in [6, 6.07) is 3.03. The van der Waals surface area contributed by atoms with Gasteiger partial charge in [-0.3, -0.25) is 10.2 Å². The van der Waals surface area contributed by atoms with Crippen LogP contribution < -0.4 is 8.92 Å². The molecule has 3 rings (SSSR count). The number of nitrogens with one attached hydrogen (secondary N) is 1. The highest BCUT2D eigenvalue weighted by atomic mass is 79.9. The number of rotatable bonds is 4. The molecular formula is C14H11BrN4O5S2. The molecule has 1 aromatic rings. The first-order valence-corrected chi connectivity index (χ1v) is 10.4. The van der Waals surface area contributed by atoms with Crippen molar-refractivity contribution < 1.29 is 22.1 Å². The SMILES string of the molecule is COc1cc(/C=C2\C(=N)N3N=CSC3=NC2=O)cc(Br)c1OS(C)(=O)=O. The van der Waals surface area contributed by atoms with Crippen molar-refractivity contribution in [3.63, 3.8) is 0 Å². The van der Waals surface area contributed by atoms with E-state index in [-0.39, 0.29) is 22.9 Å². The molecule has 26 heavy (non-hydrogen) atoms. The van der Waals surface area contributed by atoms with Gasteiger partial charge >= 0.3 is 10.1 Å². The molecule has 0 saturated carbocycles. The summed E-state index contributed by atoms with van der Waals surface area (Å²) in [7, 11) is -2.40. The highest BCUT2D eigenvalue weighted by Gasteiger charge is 2.32. The molecule has 0 spiro atoms. The smallest absolute Gasteiger partial charge is 0.306 e. The highest BCUT2D eigenvalue weighted by molar-refractivity contribution is 9.10. The summed E-state index contributed by atoms with van der Waals surface area (Å²) in [5, 5.41) is 13.7. The van der Waals surface area contributed by atoms with Crippen LogP contribution in [0.25, 0.3) is 6.08 Å². The van der Waals surface area contributed by atoms with E-state index in [1.165, 1.54) is 35.9 Å². The third-order valence-electron chi connectivity index (χ3n) is 3.19. The molecule has 0 saturated heterocycles. The second kappa shape index (κ2) is 6.85. The number of nitrogens with zero attached hydrogens (tertiary/aromatic N) is 3. The van der Waals surface area contributed by atoms with Crippen LogP contribution in [-0.4, -0.2) is 49.2 Å². The number of hydrogen-bond acceptors (Lipinski definition) is 8. The molecule has 9 nitrogen and oxygen atoms in total. The van der Waals surface area contributed by atoms with Crippen molar-refractivity contribution in [3.05, 3.63) is 27.7 Å². The molecule has 2 aliphatic heterocycles. The first-order chi connectivity index (χ1) is 12.2. The topological polar surface area (TPSA) is 121 Å². The standard InChI is InChI=1S/C14H11BrN4O5S2/c1-23-10-5-7(4-9(15)11(10)24-26(2,21)22)3-8-12(16)19-14(18-13(8)20)25-6-17-19/h3-6,16H,1-2H3/b8-3+,16-12?. The lowest BCUT2D eigenvalue weighted by molar-refractivity contribution is -0.114. The lowest BCUT2D eigenvalue weighted by Crippen LogP contribution is -2.35. The van der Waals surface area contributed by atoms with E-state index in [0.29, 0.717) is 15.2 Å². The van der Waals surface area contributed by atoms with Crippen LogP contribution in [0.1, 0.15) is 5.56 Å². The Balaban J connectivity index is 2.04. The number of hydrazone groups is 1. The van der Waals surface area contributed by atoms with E-state index in [2.05, 4.69) is 26.0 Å². The number of aliphatic imine (C=N–C) groups is 1. The molecule has 2 aliphatic rings. The Bertz CT molecular complexity index is 1020. The summed E-state index contributed by atoms with van der Waals surface area (Å²) in [5.41, 5.74) is 2.01. The Morgan fingerprint density at radius 3 is 2.77 bits per heavy atom. The number of thioether (sulfide) groups is 1. The van der Waals surface area contributed by atoms with Gasteiger partial charge in [-0.2, -0.15) is 23.5 Å². The van der Waals surface area contributed by atoms with Gasteiger partial charge in [0.2, 0.25) is 0 Å². The van der Waals surface area contributed by atoms with Gasteiger partial charge < -0.3 is 8.92 Å². The largest absolute Gasteiger partial charge is 0.493 e. The zero-order valence-electron chi connectivity index (χ0n) is 13.4. The van der Waals surface area contributed by atoms with Crippen molar-refractivity contribution in [1.82, 2.24) is 5.01 Å². The first kappa shape index (κ1) is 18.6. The molecule has 0 aromatic heterocycles. The van der Waals surface area contributed by atoms with E-state index >= 15 is 0 Å². The molecular weight excluding hydrogens is 448 g/mol. The Morgan fingerprint density at radius 1 is 1.38 bits per heavy atom. The van der Waals surface area contributed by atoms with Crippen LogP contribution in [0.4, 0.5) is 0 Å². The van der Waals surface area contributed by atoms with Crippen molar-refractivity contribution in [2.24, 2.45) is 10.1 Å². The summed E-state index contributed by atoms with van der Waals surface area (Å²) >= 11 is 4.38. The molecule has 12 heteroatoms. The molecule has 0 aliphatic carbocycles. The molecule has 0 unspecified atom stereocenters. The Hall–Kier alpha value is -2.18. The van der Waals surface area contributed by atoms with Crippen LogP contribution in [-0.2, 0) is 14.9 Å². The molecule has 0 radical (unpaired) electrons. The van der Waals surface area contributed by atoms with Gasteiger partial charge in [0.25, 0.3) is 5.91 Å². The maximum atomic E-state index is 12.2. The molecule has 1 aromatic carbocycles. The fourth-order valence-corrected chi connectivity index (χ4v) is 3.89. The maximum Gasteiger partial charge on any atom is 0.306 e. The third kappa shape index (κ3) is 3.66. The normalized spacial score (nSPS) is 18.2. The Kier molecular flexibility index (Phi) is 4.90. The average Bonchev–Trinajstić information content (AvgIpc) is 3.01. The number of benzene rings is 1. The molecule has 0 bridgehead atoms. The first-order valence-electron chi connectivity index (χ1n) is 6.89. The molecule has 2 heterocycles. The zero-order valence-corrected chi connectivity index (χ0v) is 16.6. The summed E-state index contributed by atoms with van der Waals surface area (Å²) < 4.78 is 33.2. The van der Waals surface area contributed by atoms with Crippen molar-refractivity contribution in [1.29, 1.82) is 5.41 Å². The summed E-state index contributed by atoms with van der Waals surface area (Å²) in [4.78, 5) is 16.1. The van der Waals surface area contributed by atoms with Crippen LogP contribution in [0.15, 0.2) is 32.3 Å². The van der Waals surface area contributed by atoms with Gasteiger partial charge in [0.05, 0.1) is 29.0 Å². The minimum atomic E-state index is -3.76. The van der Waals surface area contributed by atoms with Crippen molar-refractivity contribution in [2.75, 3.05) is 13.4 Å². The van der Waals surface area contributed by atoms with Crippen molar-refractivity contribution in [2.45, 2.75) is 0 Å². The van der Waals surface area contributed by atoms with Gasteiger partial charge in [0, 0.05) is 0 Å². The quantitative estimate of drug-likeness (QED) is 0.540. The monoisotopic (exact) mass is 458 g/mol. The van der Waals surface area contributed by atoms with E-state index in [4.69, 9.17) is 14.3 Å². The number of amides is 1. The third-order valence-corrected chi connectivity index (χ3v) is 4.93. The van der Waals surface area contributed by atoms with E-state index in [0.717, 1.165) is 18.0 Å². The van der Waals surface area contributed by atoms with Crippen molar-refractivity contribution >= 4 is 66.3 Å². The Morgan fingerprint density at radius 2 is 2.12 bits per heavy atom. The number of halogens is 1. The number of hydrogen-bond donors (Lipinski definition) is 1. The van der Waals surface area contributed by atoms with Crippen LogP contribution in [0, 0.1) is 5.41 Å². The lowest BCUT2D eigenvalue weighted by atomic mass is 10.1. The number of methoxy groups -OCH3 is 1. The van der Waals surface area contributed by atoms with E-state index in [1.807, 2.05) is 0 Å². The van der Waals surface area contributed by atoms with Gasteiger partial charge in [0.1, 0.15) is 0 Å².